The zero-order valence-corrected chi connectivity index (χ0v) is 18.6. The molecule has 0 saturated carbocycles. The molecule has 1 amide bonds. The molecule has 0 atom stereocenters. The van der Waals surface area contributed by atoms with Gasteiger partial charge >= 0.3 is 0 Å². The molecule has 9 heteroatoms. The topological polar surface area (TPSA) is 84.6 Å². The Morgan fingerprint density at radius 3 is 2.64 bits per heavy atom. The molecule has 1 aliphatic heterocycles. The highest BCUT2D eigenvalue weighted by molar-refractivity contribution is 7.22. The highest BCUT2D eigenvalue weighted by Gasteiger charge is 2.16. The number of ether oxygens (including phenoxy) is 1. The largest absolute Gasteiger partial charge is 0.453 e. The molecule has 0 radical (unpaired) electrons. The predicted octanol–water partition coefficient (Wildman–Crippen LogP) is 4.15. The summed E-state index contributed by atoms with van der Waals surface area (Å²) in [5, 5.41) is 0. The number of fused-ring (bicyclic) bond motifs is 1. The number of halogens is 1. The van der Waals surface area contributed by atoms with Crippen molar-refractivity contribution in [1.82, 2.24) is 19.8 Å². The molecular formula is C24H22FN5O2S. The lowest BCUT2D eigenvalue weighted by molar-refractivity contribution is -0.119. The Balaban J connectivity index is 1.34. The first-order valence-electron chi connectivity index (χ1n) is 10.6. The van der Waals surface area contributed by atoms with Crippen LogP contribution in [0.15, 0.2) is 54.9 Å². The molecule has 4 heterocycles. The Bertz CT molecular complexity index is 1290. The van der Waals surface area contributed by atoms with Crippen LogP contribution in [0.25, 0.3) is 20.8 Å². The van der Waals surface area contributed by atoms with E-state index in [4.69, 9.17) is 10.5 Å². The van der Waals surface area contributed by atoms with E-state index in [1.54, 1.807) is 23.2 Å². The molecule has 3 aromatic heterocycles. The van der Waals surface area contributed by atoms with Gasteiger partial charge in [-0.15, -0.1) is 11.3 Å². The number of thiophene rings is 1. The normalized spacial score (nSPS) is 14.5. The van der Waals surface area contributed by atoms with Gasteiger partial charge in [0.25, 0.3) is 0 Å². The van der Waals surface area contributed by atoms with E-state index in [1.807, 2.05) is 18.3 Å². The summed E-state index contributed by atoms with van der Waals surface area (Å²) >= 11 is 1.50. The lowest BCUT2D eigenvalue weighted by atomic mass is 10.2. The van der Waals surface area contributed by atoms with Gasteiger partial charge in [0, 0.05) is 62.9 Å². The molecule has 2 N–H and O–H groups in total. The zero-order chi connectivity index (χ0) is 22.8. The number of nitrogen functional groups attached to an aromatic ring is 1. The number of amides is 1. The molecular weight excluding hydrogens is 441 g/mol. The number of carbonyl (C=O) groups is 1. The van der Waals surface area contributed by atoms with Crippen molar-refractivity contribution in [2.24, 2.45) is 0 Å². The SMILES string of the molecule is Nc1ccc(Oc2ccnc3cc(-c4ccc(CN5CCN(C=O)CC5)cn4)sc23)c(F)c1. The van der Waals surface area contributed by atoms with Crippen LogP contribution in [0.4, 0.5) is 10.1 Å². The predicted molar refractivity (Wildman–Crippen MR) is 127 cm³/mol. The molecule has 33 heavy (non-hydrogen) atoms. The van der Waals surface area contributed by atoms with Crippen molar-refractivity contribution in [1.29, 1.82) is 0 Å². The summed E-state index contributed by atoms with van der Waals surface area (Å²) in [4.78, 5) is 25.0. The fourth-order valence-electron chi connectivity index (χ4n) is 3.79. The molecule has 0 bridgehead atoms. The van der Waals surface area contributed by atoms with Crippen LogP contribution in [0.5, 0.6) is 11.5 Å². The molecule has 0 aliphatic carbocycles. The smallest absolute Gasteiger partial charge is 0.209 e. The monoisotopic (exact) mass is 463 g/mol. The highest BCUT2D eigenvalue weighted by Crippen LogP contribution is 2.39. The lowest BCUT2D eigenvalue weighted by Gasteiger charge is -2.32. The maximum absolute atomic E-state index is 14.2. The van der Waals surface area contributed by atoms with Gasteiger partial charge in [0.1, 0.15) is 5.75 Å². The Hall–Kier alpha value is -3.56. The number of hydrogen-bond donors (Lipinski definition) is 1. The van der Waals surface area contributed by atoms with E-state index in [0.717, 1.165) is 65.5 Å². The number of benzene rings is 1. The summed E-state index contributed by atoms with van der Waals surface area (Å²) in [5.74, 6) is 0.135. The molecule has 4 aromatic rings. The van der Waals surface area contributed by atoms with E-state index >= 15 is 0 Å². The summed E-state index contributed by atoms with van der Waals surface area (Å²) in [6.07, 6.45) is 4.45. The Morgan fingerprint density at radius 1 is 1.06 bits per heavy atom. The number of rotatable bonds is 6. The second-order valence-corrected chi connectivity index (χ2v) is 8.95. The van der Waals surface area contributed by atoms with E-state index in [0.29, 0.717) is 11.4 Å². The van der Waals surface area contributed by atoms with Crippen molar-refractivity contribution in [3.63, 3.8) is 0 Å². The highest BCUT2D eigenvalue weighted by atomic mass is 32.1. The first-order chi connectivity index (χ1) is 16.1. The third-order valence-electron chi connectivity index (χ3n) is 5.59. The maximum atomic E-state index is 14.2. The summed E-state index contributed by atoms with van der Waals surface area (Å²) in [7, 11) is 0. The number of hydrogen-bond acceptors (Lipinski definition) is 7. The maximum Gasteiger partial charge on any atom is 0.209 e. The third kappa shape index (κ3) is 4.64. The van der Waals surface area contributed by atoms with Gasteiger partial charge in [-0.25, -0.2) is 4.39 Å². The van der Waals surface area contributed by atoms with Gasteiger partial charge in [-0.05, 0) is 29.8 Å². The Kier molecular flexibility index (Phi) is 5.89. The lowest BCUT2D eigenvalue weighted by Crippen LogP contribution is -2.45. The molecule has 1 saturated heterocycles. The molecule has 1 aromatic carbocycles. The summed E-state index contributed by atoms with van der Waals surface area (Å²) in [6, 6.07) is 12.1. The number of carbonyl (C=O) groups excluding carboxylic acids is 1. The second kappa shape index (κ2) is 9.13. The second-order valence-electron chi connectivity index (χ2n) is 7.90. The molecule has 0 spiro atoms. The van der Waals surface area contributed by atoms with Gasteiger partial charge in [0.2, 0.25) is 6.41 Å². The summed E-state index contributed by atoms with van der Waals surface area (Å²) in [6.45, 7) is 4.04. The van der Waals surface area contributed by atoms with E-state index < -0.39 is 5.82 Å². The van der Waals surface area contributed by atoms with Gasteiger partial charge in [-0.3, -0.25) is 19.7 Å². The van der Waals surface area contributed by atoms with Crippen LogP contribution in [0.2, 0.25) is 0 Å². The van der Waals surface area contributed by atoms with Gasteiger partial charge in [0.05, 0.1) is 20.8 Å². The number of nitrogens with zero attached hydrogens (tertiary/aromatic N) is 4. The minimum absolute atomic E-state index is 0.114. The van der Waals surface area contributed by atoms with Crippen LogP contribution < -0.4 is 10.5 Å². The number of pyridine rings is 2. The zero-order valence-electron chi connectivity index (χ0n) is 17.8. The van der Waals surface area contributed by atoms with E-state index in [-0.39, 0.29) is 5.75 Å². The number of piperazine rings is 1. The third-order valence-corrected chi connectivity index (χ3v) is 6.75. The number of aromatic nitrogens is 2. The van der Waals surface area contributed by atoms with Gasteiger partial charge < -0.3 is 15.4 Å². The Labute approximate surface area is 194 Å². The first kappa shape index (κ1) is 21.3. The average Bonchev–Trinajstić information content (AvgIpc) is 3.27. The minimum Gasteiger partial charge on any atom is -0.453 e. The fourth-order valence-corrected chi connectivity index (χ4v) is 4.83. The van der Waals surface area contributed by atoms with Crippen LogP contribution in [0.1, 0.15) is 5.56 Å². The first-order valence-corrected chi connectivity index (χ1v) is 11.4. The van der Waals surface area contributed by atoms with Gasteiger partial charge in [-0.2, -0.15) is 0 Å². The van der Waals surface area contributed by atoms with Gasteiger partial charge in [0.15, 0.2) is 11.6 Å². The van der Waals surface area contributed by atoms with Crippen molar-refractivity contribution < 1.29 is 13.9 Å². The quantitative estimate of drug-likeness (QED) is 0.342. The minimum atomic E-state index is -0.512. The van der Waals surface area contributed by atoms with Crippen LogP contribution in [-0.2, 0) is 11.3 Å². The number of anilines is 1. The van der Waals surface area contributed by atoms with Crippen LogP contribution in [0.3, 0.4) is 0 Å². The van der Waals surface area contributed by atoms with E-state index in [2.05, 4.69) is 20.9 Å². The van der Waals surface area contributed by atoms with Crippen molar-refractivity contribution in [2.45, 2.75) is 6.54 Å². The molecule has 0 unspecified atom stereocenters. The van der Waals surface area contributed by atoms with Crippen molar-refractivity contribution >= 4 is 33.7 Å². The molecule has 7 nitrogen and oxygen atoms in total. The molecule has 168 valence electrons. The van der Waals surface area contributed by atoms with Crippen molar-refractivity contribution in [2.75, 3.05) is 31.9 Å². The van der Waals surface area contributed by atoms with E-state index in [1.165, 1.54) is 23.5 Å². The average molecular weight is 464 g/mol. The summed E-state index contributed by atoms with van der Waals surface area (Å²) < 4.78 is 20.9. The van der Waals surface area contributed by atoms with Crippen LogP contribution in [-0.4, -0.2) is 52.4 Å². The van der Waals surface area contributed by atoms with E-state index in [9.17, 15) is 9.18 Å². The molecule has 1 fully saturated rings. The fraction of sp³-hybridized carbons (Fsp3) is 0.208. The van der Waals surface area contributed by atoms with Crippen molar-refractivity contribution in [3.05, 3.63) is 66.2 Å². The molecule has 1 aliphatic rings. The van der Waals surface area contributed by atoms with Crippen molar-refractivity contribution in [3.8, 4) is 22.1 Å². The van der Waals surface area contributed by atoms with Gasteiger partial charge in [-0.1, -0.05) is 6.07 Å². The van der Waals surface area contributed by atoms with Crippen LogP contribution >= 0.6 is 11.3 Å². The Morgan fingerprint density at radius 2 is 1.91 bits per heavy atom. The number of nitrogens with two attached hydrogens (primary N) is 1. The van der Waals surface area contributed by atoms with Crippen LogP contribution in [0, 0.1) is 5.82 Å². The molecule has 5 rings (SSSR count). The summed E-state index contributed by atoms with van der Waals surface area (Å²) in [5.41, 5.74) is 8.71. The standard InChI is InChI=1S/C24H22FN5O2S/c25-18-11-17(26)2-4-21(18)32-22-5-6-27-20-12-23(33-24(20)22)19-3-1-16(13-28-19)14-29-7-9-30(15-31)10-8-29/h1-6,11-13,15H,7-10,14,26H2.